The fourth-order valence-corrected chi connectivity index (χ4v) is 13.8. The summed E-state index contributed by atoms with van der Waals surface area (Å²) < 4.78 is 0. The van der Waals surface area contributed by atoms with Gasteiger partial charge in [-0.05, 0) is 111 Å². The van der Waals surface area contributed by atoms with Crippen LogP contribution in [-0.4, -0.2) is 51.2 Å². The molecular weight excluding hydrogens is 981 g/mol. The van der Waals surface area contributed by atoms with Crippen molar-refractivity contribution >= 4 is 76.4 Å². The molecule has 1 aliphatic rings. The van der Waals surface area contributed by atoms with Gasteiger partial charge in [-0.15, -0.1) is 0 Å². The summed E-state index contributed by atoms with van der Waals surface area (Å²) in [7, 11) is 0. The summed E-state index contributed by atoms with van der Waals surface area (Å²) in [5, 5.41) is 42.1. The van der Waals surface area contributed by atoms with E-state index in [0.717, 1.165) is 98.0 Å². The molecule has 12 aromatic rings. The van der Waals surface area contributed by atoms with Crippen LogP contribution in [0.3, 0.4) is 0 Å². The molecule has 6 heteroatoms. The van der Waals surface area contributed by atoms with Crippen LogP contribution in [0.1, 0.15) is 64.5 Å². The first-order valence-electron chi connectivity index (χ1n) is 28.0. The maximum Gasteiger partial charge on any atom is 0.238 e. The van der Waals surface area contributed by atoms with Crippen LogP contribution in [0.4, 0.5) is 0 Å². The maximum absolute atomic E-state index is 16.6. The molecule has 80 heavy (non-hydrogen) atoms. The second-order valence-corrected chi connectivity index (χ2v) is 22.4. The molecule has 2 amide bonds. The number of aliphatic hydroxyl groups is 2. The molecule has 2 atom stereocenters. The first-order valence-corrected chi connectivity index (χ1v) is 28.0. The zero-order chi connectivity index (χ0) is 54.4. The lowest BCUT2D eigenvalue weighted by molar-refractivity contribution is -0.162. The van der Waals surface area contributed by atoms with Crippen LogP contribution >= 0.6 is 0 Å². The lowest BCUT2D eigenvalue weighted by Gasteiger charge is -2.49. The highest BCUT2D eigenvalue weighted by atomic mass is 16.3. The quantitative estimate of drug-likeness (QED) is 0.0839. The molecule has 392 valence electrons. The van der Waals surface area contributed by atoms with Crippen molar-refractivity contribution in [3.63, 3.8) is 0 Å². The van der Waals surface area contributed by atoms with Gasteiger partial charge in [-0.25, -0.2) is 0 Å². The van der Waals surface area contributed by atoms with Crippen LogP contribution in [0, 0.1) is 5.41 Å². The number of primary amides is 1. The van der Waals surface area contributed by atoms with Crippen LogP contribution in [0.15, 0.2) is 255 Å². The number of nitrogens with two attached hydrogens (primary N) is 1. The molecule has 4 N–H and O–H groups in total. The summed E-state index contributed by atoms with van der Waals surface area (Å²) in [6.45, 7) is -0.562. The number of hydrogen-bond acceptors (Lipinski definition) is 4. The highest BCUT2D eigenvalue weighted by Crippen LogP contribution is 2.50. The summed E-state index contributed by atoms with van der Waals surface area (Å²) >= 11 is 0. The third kappa shape index (κ3) is 8.95. The van der Waals surface area contributed by atoms with Gasteiger partial charge in [0.15, 0.2) is 0 Å². The van der Waals surface area contributed by atoms with E-state index in [1.165, 1.54) is 0 Å². The number of fused-ring (bicyclic) bond motifs is 6. The third-order valence-electron chi connectivity index (χ3n) is 17.7. The van der Waals surface area contributed by atoms with Gasteiger partial charge in [-0.3, -0.25) is 9.59 Å². The summed E-state index contributed by atoms with van der Waals surface area (Å²) in [6, 6.07) is 87.0. The van der Waals surface area contributed by atoms with Crippen molar-refractivity contribution < 1.29 is 19.8 Å². The highest BCUT2D eigenvalue weighted by molar-refractivity contribution is 6.05. The molecule has 0 bridgehead atoms. The first-order chi connectivity index (χ1) is 39.1. The van der Waals surface area contributed by atoms with Gasteiger partial charge in [0.2, 0.25) is 11.8 Å². The van der Waals surface area contributed by atoms with Gasteiger partial charge in [0.05, 0.1) is 24.3 Å². The van der Waals surface area contributed by atoms with E-state index >= 15 is 15.0 Å². The average Bonchev–Trinajstić information content (AvgIpc) is 3.50. The largest absolute Gasteiger partial charge is 0.387 e. The van der Waals surface area contributed by atoms with Crippen molar-refractivity contribution in [1.82, 2.24) is 4.90 Å². The van der Waals surface area contributed by atoms with Crippen molar-refractivity contribution in [2.75, 3.05) is 13.1 Å². The maximum atomic E-state index is 16.6. The number of nitrogens with zero attached hydrogens (tertiary/aromatic N) is 1. The van der Waals surface area contributed by atoms with Gasteiger partial charge >= 0.3 is 0 Å². The van der Waals surface area contributed by atoms with Crippen molar-refractivity contribution in [2.45, 2.75) is 55.1 Å². The van der Waals surface area contributed by atoms with E-state index in [1.54, 1.807) is 4.90 Å². The third-order valence-corrected chi connectivity index (χ3v) is 17.7. The van der Waals surface area contributed by atoms with Crippen LogP contribution in [0.25, 0.3) is 64.6 Å². The molecule has 1 saturated carbocycles. The zero-order valence-corrected chi connectivity index (χ0v) is 44.6. The van der Waals surface area contributed by atoms with Gasteiger partial charge in [0.25, 0.3) is 0 Å². The Kier molecular flexibility index (Phi) is 13.1. The molecule has 0 saturated heterocycles. The van der Waals surface area contributed by atoms with Crippen LogP contribution in [0.2, 0.25) is 0 Å². The zero-order valence-electron chi connectivity index (χ0n) is 44.6. The Morgan fingerprint density at radius 3 is 0.938 bits per heavy atom. The molecule has 6 nitrogen and oxygen atoms in total. The predicted octanol–water partition coefficient (Wildman–Crippen LogP) is 15.0. The minimum atomic E-state index is -1.84. The Morgan fingerprint density at radius 1 is 0.388 bits per heavy atom. The number of rotatable bonds is 16. The van der Waals surface area contributed by atoms with E-state index in [-0.39, 0.29) is 38.8 Å². The smallest absolute Gasteiger partial charge is 0.238 e. The molecule has 0 spiro atoms. The fourth-order valence-electron chi connectivity index (χ4n) is 13.8. The molecule has 1 aliphatic carbocycles. The normalized spacial score (nSPS) is 14.8. The van der Waals surface area contributed by atoms with E-state index in [9.17, 15) is 4.79 Å². The molecule has 1 fully saturated rings. The number of carbonyl (C=O) groups excluding carboxylic acids is 2. The molecule has 0 heterocycles. The van der Waals surface area contributed by atoms with E-state index < -0.39 is 40.3 Å². The lowest BCUT2D eigenvalue weighted by atomic mass is 9.66. The summed E-state index contributed by atoms with van der Waals surface area (Å²) in [5.74, 6) is -2.75. The first kappa shape index (κ1) is 50.6. The monoisotopic (exact) mass is 1040 g/mol. The molecule has 12 aromatic carbocycles. The molecule has 0 radical (unpaired) electrons. The minimum absolute atomic E-state index is 0.0939. The Labute approximate surface area is 466 Å². The van der Waals surface area contributed by atoms with Crippen molar-refractivity contribution in [2.24, 2.45) is 11.1 Å². The Morgan fingerprint density at radius 2 is 0.650 bits per heavy atom. The van der Waals surface area contributed by atoms with Gasteiger partial charge in [0, 0.05) is 24.7 Å². The van der Waals surface area contributed by atoms with E-state index in [0.29, 0.717) is 6.42 Å². The van der Waals surface area contributed by atoms with Crippen molar-refractivity contribution in [3.8, 4) is 0 Å². The van der Waals surface area contributed by atoms with Gasteiger partial charge in [-0.1, -0.05) is 261 Å². The van der Waals surface area contributed by atoms with Crippen LogP contribution in [0.5, 0.6) is 0 Å². The number of carbonyl (C=O) groups is 2. The SMILES string of the molecule is NC(=O)C1(C(=O)N(CC(O)(Cc2cccc3ccccc23)C(c2cccc3ccccc23)c2cccc3ccccc23)CC(O)(Cc2cccc3ccccc23)C(c2cccc3ccccc23)c2cccc3ccccc23)CCC1. The number of amides is 2. The van der Waals surface area contributed by atoms with Gasteiger partial charge in [0.1, 0.15) is 5.41 Å². The lowest BCUT2D eigenvalue weighted by Crippen LogP contribution is -2.62. The van der Waals surface area contributed by atoms with Crippen molar-refractivity contribution in [3.05, 3.63) is 288 Å². The molecular formula is C74H62N2O4. The Hall–Kier alpha value is -8.94. The highest BCUT2D eigenvalue weighted by Gasteiger charge is 2.55. The fraction of sp³-hybridized carbons (Fsp3) is 0.162. The number of hydrogen-bond donors (Lipinski definition) is 3. The molecule has 13 rings (SSSR count). The van der Waals surface area contributed by atoms with Crippen LogP contribution < -0.4 is 5.73 Å². The number of benzene rings is 12. The summed E-state index contributed by atoms with van der Waals surface area (Å²) in [5.41, 5.74) is 6.58. The van der Waals surface area contributed by atoms with Crippen molar-refractivity contribution in [1.29, 1.82) is 0 Å². The standard InChI is InChI=1S/C74H62N2O4/c75-70(77)72(44-19-45-72)71(78)76(48-73(79,46-56-32-13-26-50-20-1-7-34-58(50)56)68(64-40-15-28-52-22-3-9-36-60(52)64)65-41-16-29-53-23-4-10-37-61(53)65)49-74(80,47-57-33-14-27-51-21-2-8-35-59(51)57)69(66-42-17-30-54-24-5-11-38-62(54)66)67-43-18-31-55-25-6-12-39-63(55)67/h1-18,20-43,68-69,79-80H,19,44-49H2,(H2,75,77). The van der Waals surface area contributed by atoms with E-state index in [1.807, 2.05) is 84.9 Å². The average molecular weight is 1040 g/mol. The molecule has 0 aromatic heterocycles. The second-order valence-electron chi connectivity index (χ2n) is 22.4. The molecule has 0 aliphatic heterocycles. The van der Waals surface area contributed by atoms with Crippen LogP contribution in [-0.2, 0) is 22.4 Å². The Balaban J connectivity index is 1.10. The summed E-state index contributed by atoms with van der Waals surface area (Å²) in [6.07, 6.45) is 1.33. The second kappa shape index (κ2) is 20.7. The minimum Gasteiger partial charge on any atom is -0.387 e. The van der Waals surface area contributed by atoms with E-state index in [2.05, 4.69) is 170 Å². The topological polar surface area (TPSA) is 104 Å². The predicted molar refractivity (Wildman–Crippen MR) is 327 cm³/mol. The molecule has 2 unspecified atom stereocenters. The summed E-state index contributed by atoms with van der Waals surface area (Å²) in [4.78, 5) is 32.5. The van der Waals surface area contributed by atoms with Gasteiger partial charge < -0.3 is 20.8 Å². The van der Waals surface area contributed by atoms with E-state index in [4.69, 9.17) is 5.73 Å². The van der Waals surface area contributed by atoms with Gasteiger partial charge in [-0.2, -0.15) is 0 Å². The Bertz CT molecular complexity index is 3890.